The van der Waals surface area contributed by atoms with Crippen molar-refractivity contribution in [3.8, 4) is 17.2 Å². The summed E-state index contributed by atoms with van der Waals surface area (Å²) in [6.45, 7) is 2.02. The fourth-order valence-electron chi connectivity index (χ4n) is 2.71. The van der Waals surface area contributed by atoms with E-state index in [4.69, 9.17) is 16.0 Å². The van der Waals surface area contributed by atoms with Gasteiger partial charge in [0, 0.05) is 21.8 Å². The van der Waals surface area contributed by atoms with Crippen molar-refractivity contribution >= 4 is 50.5 Å². The number of aryl methyl sites for hydroxylation is 1. The largest absolute Gasteiger partial charge is 0.506 e. The Morgan fingerprint density at radius 3 is 2.85 bits per heavy atom. The lowest BCUT2D eigenvalue weighted by Gasteiger charge is -2.03. The molecule has 0 bridgehead atoms. The van der Waals surface area contributed by atoms with E-state index in [-0.39, 0.29) is 10.8 Å². The molecule has 0 aliphatic heterocycles. The quantitative estimate of drug-likeness (QED) is 0.361. The van der Waals surface area contributed by atoms with Crippen molar-refractivity contribution in [3.05, 3.63) is 75.2 Å². The Morgan fingerprint density at radius 2 is 2.00 bits per heavy atom. The first-order valence-corrected chi connectivity index (χ1v) is 9.36. The molecule has 0 saturated carbocycles. The molecule has 0 aliphatic carbocycles. The van der Waals surface area contributed by atoms with Crippen molar-refractivity contribution < 1.29 is 9.52 Å². The van der Waals surface area contributed by atoms with Crippen LogP contribution in [0.5, 0.6) is 5.75 Å². The maximum atomic E-state index is 10.1. The summed E-state index contributed by atoms with van der Waals surface area (Å²) in [7, 11) is 0. The molecule has 0 amide bonds. The number of nitrogens with zero attached hydrogens (tertiary/aromatic N) is 2. The highest BCUT2D eigenvalue weighted by Crippen LogP contribution is 2.31. The number of aliphatic imine (C=N–C) groups is 1. The first-order valence-electron chi connectivity index (χ1n) is 8.19. The van der Waals surface area contributed by atoms with Gasteiger partial charge in [-0.25, -0.2) is 4.98 Å². The van der Waals surface area contributed by atoms with Crippen LogP contribution in [0, 0.1) is 6.92 Å². The Bertz CT molecular complexity index is 1180. The Labute approximate surface area is 169 Å². The smallest absolute Gasteiger partial charge is 0.227 e. The number of benzene rings is 3. The number of hydrogen-bond donors (Lipinski definition) is 1. The lowest BCUT2D eigenvalue weighted by Crippen LogP contribution is -1.84. The first kappa shape index (κ1) is 17.8. The number of rotatable bonds is 3. The van der Waals surface area contributed by atoms with E-state index in [2.05, 4.69) is 25.9 Å². The molecule has 0 saturated heterocycles. The average molecular weight is 442 g/mol. The molecule has 1 heterocycles. The van der Waals surface area contributed by atoms with Crippen LogP contribution in [0.4, 0.5) is 5.69 Å². The predicted octanol–water partition coefficient (Wildman–Crippen LogP) is 6.68. The van der Waals surface area contributed by atoms with Crippen LogP contribution in [-0.4, -0.2) is 16.3 Å². The fraction of sp³-hybridized carbons (Fsp3) is 0.0476. The summed E-state index contributed by atoms with van der Waals surface area (Å²) in [5, 5.41) is 10.3. The monoisotopic (exact) mass is 440 g/mol. The summed E-state index contributed by atoms with van der Waals surface area (Å²) >= 11 is 9.35. The second-order valence-electron chi connectivity index (χ2n) is 6.12. The summed E-state index contributed by atoms with van der Waals surface area (Å²) in [6.07, 6.45) is 1.57. The molecule has 134 valence electrons. The highest BCUT2D eigenvalue weighted by atomic mass is 79.9. The highest BCUT2D eigenvalue weighted by molar-refractivity contribution is 9.10. The molecule has 0 fully saturated rings. The van der Waals surface area contributed by atoms with Gasteiger partial charge in [0.05, 0.1) is 10.7 Å². The van der Waals surface area contributed by atoms with E-state index >= 15 is 0 Å². The molecule has 0 aliphatic rings. The molecule has 3 aromatic carbocycles. The SMILES string of the molecule is Cc1ccc2oc(-c3cccc(N=Cc4cc(Br)cc(Cl)c4O)c3)nc2c1. The molecule has 1 N–H and O–H groups in total. The van der Waals surface area contributed by atoms with Gasteiger partial charge >= 0.3 is 0 Å². The Hall–Kier alpha value is -2.63. The second kappa shape index (κ2) is 7.18. The molecular formula is C21H14BrClN2O2. The molecule has 0 unspecified atom stereocenters. The highest BCUT2D eigenvalue weighted by Gasteiger charge is 2.09. The van der Waals surface area contributed by atoms with E-state index in [1.54, 1.807) is 18.3 Å². The minimum Gasteiger partial charge on any atom is -0.506 e. The van der Waals surface area contributed by atoms with Crippen LogP contribution in [0.15, 0.2) is 68.5 Å². The molecule has 27 heavy (non-hydrogen) atoms. The zero-order chi connectivity index (χ0) is 19.0. The topological polar surface area (TPSA) is 58.6 Å². The number of phenolic OH excluding ortho intramolecular Hbond substituents is 1. The number of halogens is 2. The van der Waals surface area contributed by atoms with Gasteiger partial charge in [0.25, 0.3) is 0 Å². The summed E-state index contributed by atoms with van der Waals surface area (Å²) in [5.74, 6) is 0.537. The van der Waals surface area contributed by atoms with Crippen molar-refractivity contribution in [2.45, 2.75) is 6.92 Å². The summed E-state index contributed by atoms with van der Waals surface area (Å²) in [6, 6.07) is 16.8. The third-order valence-corrected chi connectivity index (χ3v) is 4.79. The third kappa shape index (κ3) is 3.75. The van der Waals surface area contributed by atoms with Crippen LogP contribution in [0.1, 0.15) is 11.1 Å². The number of oxazole rings is 1. The van der Waals surface area contributed by atoms with E-state index in [0.717, 1.165) is 26.7 Å². The van der Waals surface area contributed by atoms with Crippen molar-refractivity contribution in [3.63, 3.8) is 0 Å². The van der Waals surface area contributed by atoms with Gasteiger partial charge in [-0.05, 0) is 55.0 Å². The van der Waals surface area contributed by atoms with Crippen molar-refractivity contribution in [2.24, 2.45) is 4.99 Å². The van der Waals surface area contributed by atoms with Gasteiger partial charge in [-0.15, -0.1) is 0 Å². The molecule has 4 nitrogen and oxygen atoms in total. The average Bonchev–Trinajstić information content (AvgIpc) is 3.07. The van der Waals surface area contributed by atoms with Crippen LogP contribution in [-0.2, 0) is 0 Å². The van der Waals surface area contributed by atoms with Gasteiger partial charge in [-0.2, -0.15) is 0 Å². The van der Waals surface area contributed by atoms with Crippen LogP contribution >= 0.6 is 27.5 Å². The zero-order valence-corrected chi connectivity index (χ0v) is 16.6. The van der Waals surface area contributed by atoms with Crippen LogP contribution in [0.25, 0.3) is 22.6 Å². The van der Waals surface area contributed by atoms with Crippen LogP contribution < -0.4 is 0 Å². The van der Waals surface area contributed by atoms with E-state index in [1.807, 2.05) is 49.4 Å². The van der Waals surface area contributed by atoms with Gasteiger partial charge in [-0.3, -0.25) is 4.99 Å². The lowest BCUT2D eigenvalue weighted by molar-refractivity contribution is 0.474. The van der Waals surface area contributed by atoms with E-state index < -0.39 is 0 Å². The lowest BCUT2D eigenvalue weighted by atomic mass is 10.2. The number of phenols is 1. The van der Waals surface area contributed by atoms with Gasteiger partial charge in [0.2, 0.25) is 5.89 Å². The molecule has 6 heteroatoms. The predicted molar refractivity (Wildman–Crippen MR) is 112 cm³/mol. The molecule has 4 aromatic rings. The van der Waals surface area contributed by atoms with Gasteiger partial charge in [0.15, 0.2) is 5.58 Å². The van der Waals surface area contributed by atoms with Gasteiger partial charge < -0.3 is 9.52 Å². The fourth-order valence-corrected chi connectivity index (χ4v) is 3.54. The maximum Gasteiger partial charge on any atom is 0.227 e. The minimum atomic E-state index is -0.00547. The van der Waals surface area contributed by atoms with E-state index in [0.29, 0.717) is 17.1 Å². The Balaban J connectivity index is 1.68. The zero-order valence-electron chi connectivity index (χ0n) is 14.3. The Morgan fingerprint density at radius 1 is 1.15 bits per heavy atom. The van der Waals surface area contributed by atoms with E-state index in [9.17, 15) is 5.11 Å². The molecule has 0 radical (unpaired) electrons. The maximum absolute atomic E-state index is 10.1. The molecule has 0 atom stereocenters. The van der Waals surface area contributed by atoms with Gasteiger partial charge in [0.1, 0.15) is 11.3 Å². The molecule has 0 spiro atoms. The van der Waals surface area contributed by atoms with Crippen LogP contribution in [0.3, 0.4) is 0 Å². The van der Waals surface area contributed by atoms with Gasteiger partial charge in [-0.1, -0.05) is 39.7 Å². The summed E-state index contributed by atoms with van der Waals surface area (Å²) in [5.41, 5.74) is 4.77. The first-order chi connectivity index (χ1) is 13.0. The summed E-state index contributed by atoms with van der Waals surface area (Å²) < 4.78 is 6.62. The number of aromatic hydroxyl groups is 1. The molecule has 4 rings (SSSR count). The molecule has 1 aromatic heterocycles. The third-order valence-electron chi connectivity index (χ3n) is 4.05. The molecular weight excluding hydrogens is 428 g/mol. The number of aromatic nitrogens is 1. The standard InChI is InChI=1S/C21H14BrClN2O2/c1-12-5-6-19-18(7-12)25-21(27-19)13-3-2-4-16(9-13)24-11-14-8-15(22)10-17(23)20(14)26/h2-11,26H,1H3. The Kier molecular flexibility index (Phi) is 4.72. The van der Waals surface area contributed by atoms with Crippen molar-refractivity contribution in [1.29, 1.82) is 0 Å². The van der Waals surface area contributed by atoms with E-state index in [1.165, 1.54) is 0 Å². The number of fused-ring (bicyclic) bond motifs is 1. The minimum absolute atomic E-state index is 0.00547. The summed E-state index contributed by atoms with van der Waals surface area (Å²) in [4.78, 5) is 9.00. The second-order valence-corrected chi connectivity index (χ2v) is 7.45. The van der Waals surface area contributed by atoms with Crippen molar-refractivity contribution in [1.82, 2.24) is 4.98 Å². The van der Waals surface area contributed by atoms with Crippen LogP contribution in [0.2, 0.25) is 5.02 Å². The van der Waals surface area contributed by atoms with Crippen molar-refractivity contribution in [2.75, 3.05) is 0 Å². The number of hydrogen-bond acceptors (Lipinski definition) is 4. The normalized spacial score (nSPS) is 11.5.